The fourth-order valence-electron chi connectivity index (χ4n) is 3.70. The fraction of sp³-hybridized carbons (Fsp3) is 1.00. The third-order valence-corrected chi connectivity index (χ3v) is 5.67. The van der Waals surface area contributed by atoms with Crippen molar-refractivity contribution in [2.75, 3.05) is 0 Å². The summed E-state index contributed by atoms with van der Waals surface area (Å²) in [5.41, 5.74) is -1.20. The van der Waals surface area contributed by atoms with Crippen LogP contribution >= 0.6 is 0 Å². The highest BCUT2D eigenvalue weighted by Crippen LogP contribution is 2.47. The minimum Gasteiger partial charge on any atom is -0.342 e. The first kappa shape index (κ1) is 19.0. The summed E-state index contributed by atoms with van der Waals surface area (Å²) < 4.78 is 36.5. The molecule has 4 rings (SSSR count). The average Bonchev–Trinajstić information content (AvgIpc) is 2.95. The van der Waals surface area contributed by atoms with Crippen LogP contribution in [-0.4, -0.2) is 59.8 Å². The summed E-state index contributed by atoms with van der Waals surface area (Å²) >= 11 is 0. The molecule has 8 nitrogen and oxygen atoms in total. The Bertz CT molecular complexity index is 572. The van der Waals surface area contributed by atoms with E-state index in [2.05, 4.69) is 0 Å². The molecule has 0 saturated carbocycles. The molecule has 8 heteroatoms. The Labute approximate surface area is 154 Å². The largest absolute Gasteiger partial charge is 0.342 e. The van der Waals surface area contributed by atoms with Gasteiger partial charge in [-0.05, 0) is 55.4 Å². The van der Waals surface area contributed by atoms with E-state index in [1.165, 1.54) is 0 Å². The van der Waals surface area contributed by atoms with E-state index in [0.29, 0.717) is 0 Å². The SMILES string of the molecule is CC1(C)O[C@H]2[C@@H](O1)[C@@H](C1OOC(C)(C)C(C)(C)O1)O[C@@H]1OC(C)(C)O[C@@H]12. The third-order valence-electron chi connectivity index (χ3n) is 5.67. The summed E-state index contributed by atoms with van der Waals surface area (Å²) in [5, 5.41) is 0. The first-order valence-electron chi connectivity index (χ1n) is 9.19. The Morgan fingerprint density at radius 2 is 1.04 bits per heavy atom. The molecule has 4 fully saturated rings. The average molecular weight is 374 g/mol. The Hall–Kier alpha value is -0.320. The predicted molar refractivity (Wildman–Crippen MR) is 87.7 cm³/mol. The molecule has 26 heavy (non-hydrogen) atoms. The molecule has 0 spiro atoms. The lowest BCUT2D eigenvalue weighted by atomic mass is 9.88. The van der Waals surface area contributed by atoms with Crippen molar-refractivity contribution >= 4 is 0 Å². The van der Waals surface area contributed by atoms with Crippen molar-refractivity contribution in [2.24, 2.45) is 0 Å². The molecule has 4 heterocycles. The lowest BCUT2D eigenvalue weighted by Crippen LogP contribution is -2.64. The third kappa shape index (κ3) is 3.00. The van der Waals surface area contributed by atoms with Crippen molar-refractivity contribution in [3.63, 3.8) is 0 Å². The van der Waals surface area contributed by atoms with Gasteiger partial charge < -0.3 is 28.4 Å². The molecule has 4 aliphatic heterocycles. The highest BCUT2D eigenvalue weighted by Gasteiger charge is 2.64. The van der Waals surface area contributed by atoms with Crippen LogP contribution in [0.2, 0.25) is 0 Å². The van der Waals surface area contributed by atoms with Crippen LogP contribution in [0.4, 0.5) is 0 Å². The van der Waals surface area contributed by atoms with Crippen LogP contribution in [0.1, 0.15) is 55.4 Å². The van der Waals surface area contributed by atoms with Crippen molar-refractivity contribution in [1.82, 2.24) is 0 Å². The first-order valence-corrected chi connectivity index (χ1v) is 9.19. The fourth-order valence-corrected chi connectivity index (χ4v) is 3.70. The molecule has 0 aromatic rings. The quantitative estimate of drug-likeness (QED) is 0.647. The maximum atomic E-state index is 6.20. The van der Waals surface area contributed by atoms with Gasteiger partial charge in [-0.1, -0.05) is 0 Å². The van der Waals surface area contributed by atoms with Crippen molar-refractivity contribution < 1.29 is 38.2 Å². The second-order valence-electron chi connectivity index (χ2n) is 9.32. The summed E-state index contributed by atoms with van der Waals surface area (Å²) in [4.78, 5) is 11.2. The smallest absolute Gasteiger partial charge is 0.221 e. The molecule has 0 amide bonds. The van der Waals surface area contributed by atoms with Crippen molar-refractivity contribution in [2.45, 2.75) is 115 Å². The monoisotopic (exact) mass is 374 g/mol. The number of fused-ring (bicyclic) bond motifs is 3. The van der Waals surface area contributed by atoms with Gasteiger partial charge in [0.2, 0.25) is 6.29 Å². The highest BCUT2D eigenvalue weighted by atomic mass is 17.2. The standard InChI is InChI=1S/C18H30O8/c1-15(2)16(3,4)26-25-14(23-15)11-9-10(21-17(5,6)20-9)12-13(19-11)24-18(7,8)22-12/h9-14H,1-8H3/t9-,10+,11+,12-,13-,14?/m1/s1. The molecule has 1 unspecified atom stereocenters. The summed E-state index contributed by atoms with van der Waals surface area (Å²) in [6.45, 7) is 15.2. The number of hydrogen-bond donors (Lipinski definition) is 0. The van der Waals surface area contributed by atoms with Crippen LogP contribution in [0.25, 0.3) is 0 Å². The van der Waals surface area contributed by atoms with E-state index in [1.807, 2.05) is 55.4 Å². The van der Waals surface area contributed by atoms with Crippen LogP contribution in [0.3, 0.4) is 0 Å². The van der Waals surface area contributed by atoms with Crippen molar-refractivity contribution in [1.29, 1.82) is 0 Å². The molecule has 0 radical (unpaired) electrons. The van der Waals surface area contributed by atoms with Crippen molar-refractivity contribution in [3.05, 3.63) is 0 Å². The van der Waals surface area contributed by atoms with Crippen LogP contribution in [-0.2, 0) is 38.2 Å². The summed E-state index contributed by atoms with van der Waals surface area (Å²) in [6, 6.07) is 0. The van der Waals surface area contributed by atoms with Crippen LogP contribution in [0.15, 0.2) is 0 Å². The van der Waals surface area contributed by atoms with E-state index in [1.54, 1.807) is 0 Å². The number of rotatable bonds is 1. The van der Waals surface area contributed by atoms with E-state index in [9.17, 15) is 0 Å². The van der Waals surface area contributed by atoms with E-state index < -0.39 is 47.6 Å². The summed E-state index contributed by atoms with van der Waals surface area (Å²) in [6.07, 6.45) is -3.15. The van der Waals surface area contributed by atoms with Gasteiger partial charge in [-0.3, -0.25) is 0 Å². The Balaban J connectivity index is 1.60. The zero-order valence-corrected chi connectivity index (χ0v) is 16.7. The molecule has 4 saturated heterocycles. The minimum absolute atomic E-state index is 0.360. The van der Waals surface area contributed by atoms with E-state index in [4.69, 9.17) is 38.2 Å². The van der Waals surface area contributed by atoms with Crippen LogP contribution in [0, 0.1) is 0 Å². The lowest BCUT2D eigenvalue weighted by Gasteiger charge is -2.49. The second kappa shape index (κ2) is 5.61. The minimum atomic E-state index is -0.781. The Morgan fingerprint density at radius 3 is 1.65 bits per heavy atom. The van der Waals surface area contributed by atoms with Gasteiger partial charge in [0.15, 0.2) is 17.9 Å². The molecule has 150 valence electrons. The zero-order valence-electron chi connectivity index (χ0n) is 16.7. The molecule has 4 aliphatic rings. The Morgan fingerprint density at radius 1 is 0.500 bits per heavy atom. The maximum Gasteiger partial charge on any atom is 0.221 e. The van der Waals surface area contributed by atoms with E-state index >= 15 is 0 Å². The highest BCUT2D eigenvalue weighted by molar-refractivity contribution is 5.02. The van der Waals surface area contributed by atoms with E-state index in [-0.39, 0.29) is 12.2 Å². The van der Waals surface area contributed by atoms with Crippen LogP contribution in [0.5, 0.6) is 0 Å². The normalized spacial score (nSPS) is 48.0. The van der Waals surface area contributed by atoms with Gasteiger partial charge in [0.1, 0.15) is 30.0 Å². The van der Waals surface area contributed by atoms with Gasteiger partial charge in [0.25, 0.3) is 0 Å². The van der Waals surface area contributed by atoms with Gasteiger partial charge in [0, 0.05) is 0 Å². The molecule has 0 N–H and O–H groups in total. The molecule has 0 aromatic heterocycles. The maximum absolute atomic E-state index is 6.20. The Kier molecular flexibility index (Phi) is 4.10. The van der Waals surface area contributed by atoms with Gasteiger partial charge in [-0.15, -0.1) is 0 Å². The number of hydrogen-bond acceptors (Lipinski definition) is 8. The topological polar surface area (TPSA) is 73.8 Å². The van der Waals surface area contributed by atoms with E-state index in [0.717, 1.165) is 0 Å². The first-order chi connectivity index (χ1) is 11.8. The predicted octanol–water partition coefficient (Wildman–Crippen LogP) is 2.24. The molecule has 0 aliphatic carbocycles. The van der Waals surface area contributed by atoms with Crippen LogP contribution < -0.4 is 0 Å². The lowest BCUT2D eigenvalue weighted by molar-refractivity contribution is -0.517. The van der Waals surface area contributed by atoms with Gasteiger partial charge in [-0.2, -0.15) is 0 Å². The van der Waals surface area contributed by atoms with Gasteiger partial charge in [0.05, 0.1) is 5.60 Å². The summed E-state index contributed by atoms with van der Waals surface area (Å²) in [7, 11) is 0. The molecular formula is C18H30O8. The van der Waals surface area contributed by atoms with Gasteiger partial charge in [-0.25, -0.2) is 9.78 Å². The zero-order chi connectivity index (χ0) is 19.1. The molecule has 0 aromatic carbocycles. The summed E-state index contributed by atoms with van der Waals surface area (Å²) in [5.74, 6) is -1.54. The molecule has 6 atom stereocenters. The van der Waals surface area contributed by atoms with Gasteiger partial charge >= 0.3 is 0 Å². The van der Waals surface area contributed by atoms with Crippen molar-refractivity contribution in [3.8, 4) is 0 Å². The number of ether oxygens (including phenoxy) is 6. The molecular weight excluding hydrogens is 344 g/mol. The second-order valence-corrected chi connectivity index (χ2v) is 9.32. The molecule has 0 bridgehead atoms.